The van der Waals surface area contributed by atoms with Gasteiger partial charge in [-0.3, -0.25) is 0 Å². The summed E-state index contributed by atoms with van der Waals surface area (Å²) in [5, 5.41) is 8.30. The molecular formula is C10H17NO2S. The van der Waals surface area contributed by atoms with Crippen LogP contribution in [0.3, 0.4) is 0 Å². The number of hydrogen-bond donors (Lipinski definition) is 0. The van der Waals surface area contributed by atoms with Gasteiger partial charge in [-0.15, -0.1) is 0 Å². The summed E-state index contributed by atoms with van der Waals surface area (Å²) in [6.07, 6.45) is 5.33. The van der Waals surface area contributed by atoms with Gasteiger partial charge in [0.25, 0.3) is 0 Å². The van der Waals surface area contributed by atoms with E-state index in [1.54, 1.807) is 0 Å². The molecule has 0 saturated heterocycles. The predicted octanol–water partition coefficient (Wildman–Crippen LogP) is 1.90. The summed E-state index contributed by atoms with van der Waals surface area (Å²) < 4.78 is 23.1. The fourth-order valence-corrected chi connectivity index (χ4v) is 3.79. The largest absolute Gasteiger partial charge is 0.229 e. The average Bonchev–Trinajstić information content (AvgIpc) is 2.56. The van der Waals surface area contributed by atoms with E-state index in [2.05, 4.69) is 0 Å². The molecule has 0 amide bonds. The van der Waals surface area contributed by atoms with Gasteiger partial charge >= 0.3 is 0 Å². The van der Waals surface area contributed by atoms with Gasteiger partial charge in [-0.2, -0.15) is 5.26 Å². The Labute approximate surface area is 86.0 Å². The first-order valence-electron chi connectivity index (χ1n) is 5.21. The van der Waals surface area contributed by atoms with Gasteiger partial charge in [-0.1, -0.05) is 12.8 Å². The van der Waals surface area contributed by atoms with E-state index in [1.165, 1.54) is 12.8 Å². The van der Waals surface area contributed by atoms with Crippen molar-refractivity contribution in [3.8, 4) is 6.07 Å². The van der Waals surface area contributed by atoms with Crippen molar-refractivity contribution in [3.63, 3.8) is 0 Å². The Morgan fingerprint density at radius 2 is 1.93 bits per heavy atom. The number of sulfone groups is 1. The molecule has 1 saturated carbocycles. The molecule has 0 radical (unpaired) electrons. The van der Waals surface area contributed by atoms with Crippen LogP contribution in [-0.2, 0) is 9.84 Å². The molecule has 0 spiro atoms. The molecule has 1 aliphatic carbocycles. The molecule has 0 heterocycles. The van der Waals surface area contributed by atoms with Gasteiger partial charge in [0.1, 0.15) is 0 Å². The maximum Gasteiger partial charge on any atom is 0.150 e. The molecular weight excluding hydrogens is 198 g/mol. The average molecular weight is 215 g/mol. The van der Waals surface area contributed by atoms with Gasteiger partial charge in [-0.25, -0.2) is 8.42 Å². The lowest BCUT2D eigenvalue weighted by Crippen LogP contribution is -2.17. The molecule has 14 heavy (non-hydrogen) atoms. The second kappa shape index (κ2) is 5.35. The van der Waals surface area contributed by atoms with Crippen LogP contribution in [0.5, 0.6) is 0 Å². The molecule has 3 nitrogen and oxygen atoms in total. The lowest BCUT2D eigenvalue weighted by Gasteiger charge is -2.08. The SMILES string of the molecule is N#CCCCS(=O)(=O)CC1CCCC1. The highest BCUT2D eigenvalue weighted by molar-refractivity contribution is 7.91. The van der Waals surface area contributed by atoms with Crippen LogP contribution in [0.4, 0.5) is 0 Å². The highest BCUT2D eigenvalue weighted by atomic mass is 32.2. The third-order valence-corrected chi connectivity index (χ3v) is 4.60. The summed E-state index contributed by atoms with van der Waals surface area (Å²) >= 11 is 0. The summed E-state index contributed by atoms with van der Waals surface area (Å²) in [6.45, 7) is 0. The second-order valence-corrected chi connectivity index (χ2v) is 6.26. The topological polar surface area (TPSA) is 57.9 Å². The predicted molar refractivity (Wildman–Crippen MR) is 55.5 cm³/mol. The lowest BCUT2D eigenvalue weighted by atomic mass is 10.1. The van der Waals surface area contributed by atoms with Gasteiger partial charge in [0.15, 0.2) is 9.84 Å². The summed E-state index contributed by atoms with van der Waals surface area (Å²) in [7, 11) is -2.89. The van der Waals surface area contributed by atoms with Crippen LogP contribution in [0.25, 0.3) is 0 Å². The Bertz CT molecular complexity index is 297. The van der Waals surface area contributed by atoms with E-state index in [-0.39, 0.29) is 5.75 Å². The minimum Gasteiger partial charge on any atom is -0.229 e. The summed E-state index contributed by atoms with van der Waals surface area (Å²) in [6, 6.07) is 1.97. The van der Waals surface area contributed by atoms with Crippen molar-refractivity contribution < 1.29 is 8.42 Å². The number of nitriles is 1. The van der Waals surface area contributed by atoms with Crippen LogP contribution in [0, 0.1) is 17.2 Å². The van der Waals surface area contributed by atoms with Gasteiger partial charge in [0, 0.05) is 6.42 Å². The number of unbranched alkanes of at least 4 members (excludes halogenated alkanes) is 1. The van der Waals surface area contributed by atoms with Gasteiger partial charge in [0.2, 0.25) is 0 Å². The molecule has 1 fully saturated rings. The minimum absolute atomic E-state index is 0.192. The fourth-order valence-electron chi connectivity index (χ4n) is 1.99. The van der Waals surface area contributed by atoms with Crippen LogP contribution in [0.1, 0.15) is 38.5 Å². The number of nitrogens with zero attached hydrogens (tertiary/aromatic N) is 1. The minimum atomic E-state index is -2.89. The fraction of sp³-hybridized carbons (Fsp3) is 0.900. The number of hydrogen-bond acceptors (Lipinski definition) is 3. The molecule has 1 rings (SSSR count). The van der Waals surface area contributed by atoms with Crippen molar-refractivity contribution in [3.05, 3.63) is 0 Å². The maximum absolute atomic E-state index is 11.6. The first kappa shape index (κ1) is 11.5. The summed E-state index contributed by atoms with van der Waals surface area (Å²) in [5.41, 5.74) is 0. The molecule has 1 aliphatic rings. The van der Waals surface area contributed by atoms with E-state index in [0.29, 0.717) is 24.5 Å². The zero-order valence-corrected chi connectivity index (χ0v) is 9.22. The lowest BCUT2D eigenvalue weighted by molar-refractivity contribution is 0.557. The normalized spacial score (nSPS) is 18.2. The summed E-state index contributed by atoms with van der Waals surface area (Å²) in [5.74, 6) is 0.928. The molecule has 0 aliphatic heterocycles. The van der Waals surface area contributed by atoms with E-state index in [4.69, 9.17) is 5.26 Å². The van der Waals surface area contributed by atoms with Crippen LogP contribution in [0.15, 0.2) is 0 Å². The van der Waals surface area contributed by atoms with Gasteiger partial charge < -0.3 is 0 Å². The third-order valence-electron chi connectivity index (χ3n) is 2.71. The van der Waals surface area contributed by atoms with Crippen molar-refractivity contribution in [2.24, 2.45) is 5.92 Å². The smallest absolute Gasteiger partial charge is 0.150 e. The molecule has 0 aromatic rings. The Kier molecular flexibility index (Phi) is 4.40. The van der Waals surface area contributed by atoms with Crippen molar-refractivity contribution in [2.75, 3.05) is 11.5 Å². The standard InChI is InChI=1S/C10H17NO2S/c11-7-3-4-8-14(12,13)9-10-5-1-2-6-10/h10H,1-6,8-9H2. The molecule has 80 valence electrons. The molecule has 0 unspecified atom stereocenters. The highest BCUT2D eigenvalue weighted by Gasteiger charge is 2.21. The highest BCUT2D eigenvalue weighted by Crippen LogP contribution is 2.26. The van der Waals surface area contributed by atoms with Gasteiger partial charge in [-0.05, 0) is 25.2 Å². The maximum atomic E-state index is 11.6. The van der Waals surface area contributed by atoms with Crippen LogP contribution in [-0.4, -0.2) is 19.9 Å². The first-order chi connectivity index (χ1) is 6.64. The monoisotopic (exact) mass is 215 g/mol. The van der Waals surface area contributed by atoms with Crippen molar-refractivity contribution in [1.82, 2.24) is 0 Å². The van der Waals surface area contributed by atoms with E-state index in [1.807, 2.05) is 6.07 Å². The Morgan fingerprint density at radius 3 is 2.50 bits per heavy atom. The molecule has 0 aromatic heterocycles. The number of rotatable bonds is 5. The second-order valence-electron chi connectivity index (χ2n) is 4.03. The Morgan fingerprint density at radius 1 is 1.29 bits per heavy atom. The quantitative estimate of drug-likeness (QED) is 0.658. The molecule has 0 N–H and O–H groups in total. The van der Waals surface area contributed by atoms with E-state index < -0.39 is 9.84 Å². The Balaban J connectivity index is 2.30. The third kappa shape index (κ3) is 4.10. The molecule has 0 aromatic carbocycles. The van der Waals surface area contributed by atoms with E-state index >= 15 is 0 Å². The van der Waals surface area contributed by atoms with E-state index in [0.717, 1.165) is 12.8 Å². The van der Waals surface area contributed by atoms with E-state index in [9.17, 15) is 8.42 Å². The Hall–Kier alpha value is -0.560. The zero-order chi connectivity index (χ0) is 10.4. The molecule has 4 heteroatoms. The van der Waals surface area contributed by atoms with Crippen LogP contribution < -0.4 is 0 Å². The first-order valence-corrected chi connectivity index (χ1v) is 7.03. The van der Waals surface area contributed by atoms with Crippen molar-refractivity contribution >= 4 is 9.84 Å². The van der Waals surface area contributed by atoms with Crippen molar-refractivity contribution in [2.45, 2.75) is 38.5 Å². The van der Waals surface area contributed by atoms with Crippen LogP contribution in [0.2, 0.25) is 0 Å². The van der Waals surface area contributed by atoms with Crippen molar-refractivity contribution in [1.29, 1.82) is 5.26 Å². The molecule has 0 atom stereocenters. The van der Waals surface area contributed by atoms with Gasteiger partial charge in [0.05, 0.1) is 17.6 Å². The summed E-state index contributed by atoms with van der Waals surface area (Å²) in [4.78, 5) is 0. The zero-order valence-electron chi connectivity index (χ0n) is 8.41. The molecule has 0 bridgehead atoms. The van der Waals surface area contributed by atoms with Crippen LogP contribution >= 0.6 is 0 Å².